The second kappa shape index (κ2) is 6.26. The highest BCUT2D eigenvalue weighted by Crippen LogP contribution is 2.32. The number of hydrogen-bond donors (Lipinski definition) is 2. The van der Waals surface area contributed by atoms with Gasteiger partial charge in [-0.1, -0.05) is 19.0 Å². The minimum Gasteiger partial charge on any atom is -0.497 e. The number of hydrogen-bond acceptors (Lipinski definition) is 5. The van der Waals surface area contributed by atoms with E-state index in [2.05, 4.69) is 23.9 Å². The molecule has 5 nitrogen and oxygen atoms in total. The number of nitrogens with two attached hydrogens (primary N) is 1. The molecule has 0 amide bonds. The Morgan fingerprint density at radius 1 is 1.40 bits per heavy atom. The van der Waals surface area contributed by atoms with E-state index in [1.165, 1.54) is 0 Å². The quantitative estimate of drug-likeness (QED) is 0.387. The van der Waals surface area contributed by atoms with E-state index >= 15 is 0 Å². The number of ether oxygens (including phenoxy) is 1. The normalized spacial score (nSPS) is 23.8. The van der Waals surface area contributed by atoms with Crippen LogP contribution in [0.5, 0.6) is 5.75 Å². The van der Waals surface area contributed by atoms with Gasteiger partial charge in [-0.2, -0.15) is 11.8 Å². The van der Waals surface area contributed by atoms with E-state index in [0.29, 0.717) is 10.5 Å². The summed E-state index contributed by atoms with van der Waals surface area (Å²) in [5.74, 6) is 0.897. The van der Waals surface area contributed by atoms with Gasteiger partial charge >= 0.3 is 0 Å². The summed E-state index contributed by atoms with van der Waals surface area (Å²) in [5, 5.41) is 13.2. The molecule has 2 unspecified atom stereocenters. The Kier molecular flexibility index (Phi) is 4.65. The van der Waals surface area contributed by atoms with Gasteiger partial charge in [-0.05, 0) is 12.1 Å². The van der Waals surface area contributed by atoms with E-state index < -0.39 is 0 Å². The van der Waals surface area contributed by atoms with Gasteiger partial charge in [-0.15, -0.1) is 0 Å². The van der Waals surface area contributed by atoms with Crippen molar-refractivity contribution < 1.29 is 9.94 Å². The number of amidine groups is 1. The molecule has 2 atom stereocenters. The summed E-state index contributed by atoms with van der Waals surface area (Å²) in [6.07, 6.45) is 0. The number of anilines is 1. The van der Waals surface area contributed by atoms with E-state index in [4.69, 9.17) is 15.7 Å². The van der Waals surface area contributed by atoms with Crippen molar-refractivity contribution in [2.45, 2.75) is 24.3 Å². The fourth-order valence-electron chi connectivity index (χ4n) is 2.55. The third-order valence-electron chi connectivity index (χ3n) is 3.35. The molecule has 3 N–H and O–H groups in total. The summed E-state index contributed by atoms with van der Waals surface area (Å²) < 4.78 is 5.29. The molecule has 1 aromatic rings. The SMILES string of the molecule is COc1ccc(/C(N)=N/O)c(N2CC(C)SC(C)C2)c1. The summed E-state index contributed by atoms with van der Waals surface area (Å²) in [6, 6.07) is 5.60. The van der Waals surface area contributed by atoms with Crippen molar-refractivity contribution in [2.24, 2.45) is 10.9 Å². The van der Waals surface area contributed by atoms with Crippen molar-refractivity contribution >= 4 is 23.3 Å². The molecule has 1 aliphatic rings. The van der Waals surface area contributed by atoms with Crippen LogP contribution in [0.2, 0.25) is 0 Å². The topological polar surface area (TPSA) is 71.1 Å². The molecule has 0 aromatic heterocycles. The van der Waals surface area contributed by atoms with Crippen LogP contribution in [0.25, 0.3) is 0 Å². The van der Waals surface area contributed by atoms with Gasteiger partial charge in [0.15, 0.2) is 5.84 Å². The van der Waals surface area contributed by atoms with E-state index in [9.17, 15) is 0 Å². The lowest BCUT2D eigenvalue weighted by Gasteiger charge is -2.37. The van der Waals surface area contributed by atoms with Gasteiger partial charge in [0.2, 0.25) is 0 Å². The first-order valence-corrected chi connectivity index (χ1v) is 7.55. The third-order valence-corrected chi connectivity index (χ3v) is 4.58. The van der Waals surface area contributed by atoms with Gasteiger partial charge in [0, 0.05) is 35.2 Å². The Bertz CT molecular complexity index is 497. The molecule has 0 bridgehead atoms. The minimum absolute atomic E-state index is 0.126. The zero-order valence-corrected chi connectivity index (χ0v) is 12.9. The molecule has 6 heteroatoms. The van der Waals surface area contributed by atoms with E-state index in [-0.39, 0.29) is 5.84 Å². The van der Waals surface area contributed by atoms with Crippen molar-refractivity contribution in [1.29, 1.82) is 0 Å². The lowest BCUT2D eigenvalue weighted by molar-refractivity contribution is 0.318. The Labute approximate surface area is 123 Å². The molecule has 1 fully saturated rings. The van der Waals surface area contributed by atoms with Gasteiger partial charge in [0.1, 0.15) is 5.75 Å². The molecular formula is C14H21N3O2S. The standard InChI is InChI=1S/C14H21N3O2S/c1-9-7-17(8-10(2)20-9)13-6-11(19-3)4-5-12(13)14(15)16-18/h4-6,9-10,18H,7-8H2,1-3H3,(H2,15,16). The van der Waals surface area contributed by atoms with Crippen LogP contribution in [0, 0.1) is 0 Å². The lowest BCUT2D eigenvalue weighted by atomic mass is 10.1. The zero-order valence-electron chi connectivity index (χ0n) is 12.0. The van der Waals surface area contributed by atoms with Crippen LogP contribution >= 0.6 is 11.8 Å². The van der Waals surface area contributed by atoms with E-state index in [0.717, 1.165) is 30.1 Å². The highest BCUT2D eigenvalue weighted by Gasteiger charge is 2.25. The molecule has 2 rings (SSSR count). The monoisotopic (exact) mass is 295 g/mol. The maximum absolute atomic E-state index is 8.95. The number of nitrogens with zero attached hydrogens (tertiary/aromatic N) is 2. The second-order valence-electron chi connectivity index (χ2n) is 5.03. The van der Waals surface area contributed by atoms with Crippen LogP contribution in [0.15, 0.2) is 23.4 Å². The van der Waals surface area contributed by atoms with E-state index in [1.807, 2.05) is 30.0 Å². The first-order valence-electron chi connectivity index (χ1n) is 6.61. The average molecular weight is 295 g/mol. The molecule has 1 aromatic carbocycles. The second-order valence-corrected chi connectivity index (χ2v) is 6.91. The van der Waals surface area contributed by atoms with Crippen LogP contribution in [0.4, 0.5) is 5.69 Å². The molecule has 1 aliphatic heterocycles. The van der Waals surface area contributed by atoms with Crippen molar-refractivity contribution in [3.05, 3.63) is 23.8 Å². The molecule has 1 heterocycles. The highest BCUT2D eigenvalue weighted by molar-refractivity contribution is 8.00. The number of rotatable bonds is 3. The molecule has 0 radical (unpaired) electrons. The first-order chi connectivity index (χ1) is 9.55. The highest BCUT2D eigenvalue weighted by atomic mass is 32.2. The lowest BCUT2D eigenvalue weighted by Crippen LogP contribution is -2.41. The molecular weight excluding hydrogens is 274 g/mol. The number of benzene rings is 1. The Balaban J connectivity index is 2.41. The molecule has 1 saturated heterocycles. The van der Waals surface area contributed by atoms with Crippen molar-refractivity contribution in [3.8, 4) is 5.75 Å². The van der Waals surface area contributed by atoms with Crippen LogP contribution < -0.4 is 15.4 Å². The Morgan fingerprint density at radius 3 is 2.60 bits per heavy atom. The molecule has 20 heavy (non-hydrogen) atoms. The summed E-state index contributed by atoms with van der Waals surface area (Å²) in [5.41, 5.74) is 7.48. The van der Waals surface area contributed by atoms with Gasteiger partial charge in [-0.25, -0.2) is 0 Å². The fourth-order valence-corrected chi connectivity index (χ4v) is 3.87. The van der Waals surface area contributed by atoms with Crippen LogP contribution in [-0.2, 0) is 0 Å². The summed E-state index contributed by atoms with van der Waals surface area (Å²) in [7, 11) is 1.64. The maximum Gasteiger partial charge on any atom is 0.172 e. The number of methoxy groups -OCH3 is 1. The van der Waals surface area contributed by atoms with Crippen LogP contribution in [-0.4, -0.2) is 41.7 Å². The average Bonchev–Trinajstić information content (AvgIpc) is 2.44. The summed E-state index contributed by atoms with van der Waals surface area (Å²) in [4.78, 5) is 2.28. The predicted molar refractivity (Wildman–Crippen MR) is 84.2 cm³/mol. The van der Waals surface area contributed by atoms with Gasteiger partial charge in [-0.3, -0.25) is 0 Å². The largest absolute Gasteiger partial charge is 0.497 e. The number of oxime groups is 1. The van der Waals surface area contributed by atoms with Crippen LogP contribution in [0.1, 0.15) is 19.4 Å². The molecule has 0 saturated carbocycles. The zero-order chi connectivity index (χ0) is 14.7. The fraction of sp³-hybridized carbons (Fsp3) is 0.500. The van der Waals surface area contributed by atoms with Crippen molar-refractivity contribution in [2.75, 3.05) is 25.1 Å². The minimum atomic E-state index is 0.126. The summed E-state index contributed by atoms with van der Waals surface area (Å²) >= 11 is 1.99. The summed E-state index contributed by atoms with van der Waals surface area (Å²) in [6.45, 7) is 6.31. The number of thioether (sulfide) groups is 1. The van der Waals surface area contributed by atoms with Crippen molar-refractivity contribution in [3.63, 3.8) is 0 Å². The van der Waals surface area contributed by atoms with Gasteiger partial charge < -0.3 is 20.6 Å². The van der Waals surface area contributed by atoms with E-state index in [1.54, 1.807) is 7.11 Å². The smallest absolute Gasteiger partial charge is 0.172 e. The Morgan fingerprint density at radius 2 is 2.05 bits per heavy atom. The predicted octanol–water partition coefficient (Wildman–Crippen LogP) is 2.12. The molecule has 0 aliphatic carbocycles. The molecule has 0 spiro atoms. The van der Waals surface area contributed by atoms with Gasteiger partial charge in [0.05, 0.1) is 12.8 Å². The third kappa shape index (κ3) is 3.12. The Hall–Kier alpha value is -1.56. The van der Waals surface area contributed by atoms with Crippen LogP contribution in [0.3, 0.4) is 0 Å². The first kappa shape index (κ1) is 14.8. The molecule has 110 valence electrons. The van der Waals surface area contributed by atoms with Crippen molar-refractivity contribution in [1.82, 2.24) is 0 Å². The van der Waals surface area contributed by atoms with Gasteiger partial charge in [0.25, 0.3) is 0 Å². The maximum atomic E-state index is 8.95.